The average molecular weight is 1010 g/mol. The van der Waals surface area contributed by atoms with Crippen molar-refractivity contribution in [3.05, 3.63) is 172 Å². The van der Waals surface area contributed by atoms with Crippen LogP contribution in [0.1, 0.15) is 144 Å². The van der Waals surface area contributed by atoms with Crippen LogP contribution in [0.5, 0.6) is 5.75 Å². The number of aliphatic hydroxyl groups is 1. The lowest BCUT2D eigenvalue weighted by Crippen LogP contribution is -2.37. The number of fused-ring (bicyclic) bond motifs is 1. The van der Waals surface area contributed by atoms with Gasteiger partial charge in [-0.15, -0.1) is 0 Å². The van der Waals surface area contributed by atoms with Crippen LogP contribution >= 0.6 is 23.5 Å². The Labute approximate surface area is 442 Å². The summed E-state index contributed by atoms with van der Waals surface area (Å²) in [5, 5.41) is 12.7. The minimum Gasteiger partial charge on any atom is -0.495 e. The lowest BCUT2D eigenvalue weighted by atomic mass is 9.61. The number of ether oxygens (including phenoxy) is 4. The highest BCUT2D eigenvalue weighted by Crippen LogP contribution is 2.48. The van der Waals surface area contributed by atoms with Crippen LogP contribution in [0.3, 0.4) is 0 Å². The number of aliphatic hydroxyl groups excluding tert-OH is 1. The van der Waals surface area contributed by atoms with Gasteiger partial charge in [-0.1, -0.05) is 136 Å². The number of aryl methyl sites for hydroxylation is 3. The van der Waals surface area contributed by atoms with E-state index in [0.717, 1.165) is 114 Å². The minimum absolute atomic E-state index is 0.0386. The second-order valence-electron chi connectivity index (χ2n) is 21.9. The topological polar surface area (TPSA) is 57.2 Å². The molecule has 6 unspecified atom stereocenters. The summed E-state index contributed by atoms with van der Waals surface area (Å²) in [7, 11) is 0. The van der Waals surface area contributed by atoms with Crippen LogP contribution in [-0.4, -0.2) is 66.3 Å². The molecule has 386 valence electrons. The van der Waals surface area contributed by atoms with E-state index in [1.54, 1.807) is 0 Å². The zero-order valence-corrected chi connectivity index (χ0v) is 45.7. The van der Waals surface area contributed by atoms with Crippen molar-refractivity contribution in [3.63, 3.8) is 0 Å². The zero-order chi connectivity index (χ0) is 49.8. The first-order chi connectivity index (χ1) is 35.3. The molecule has 1 N–H and O–H groups in total. The predicted molar refractivity (Wildman–Crippen MR) is 303 cm³/mol. The molecule has 5 nitrogen and oxygen atoms in total. The molecular weight excluding hydrogens is 925 g/mol. The van der Waals surface area contributed by atoms with Crippen molar-refractivity contribution in [2.45, 2.75) is 163 Å². The first kappa shape index (κ1) is 53.1. The summed E-state index contributed by atoms with van der Waals surface area (Å²) in [6, 6.07) is 36.8. The van der Waals surface area contributed by atoms with Crippen LogP contribution in [0.25, 0.3) is 0 Å². The molecule has 0 radical (unpaired) electrons. The number of allylic oxidation sites excluding steroid dienone is 6. The molecule has 5 aliphatic rings. The van der Waals surface area contributed by atoms with Gasteiger partial charge in [0.2, 0.25) is 0 Å². The number of hydrogen-bond donors (Lipinski definition) is 1. The number of rotatable bonds is 28. The first-order valence-corrected chi connectivity index (χ1v) is 30.2. The van der Waals surface area contributed by atoms with Crippen molar-refractivity contribution in [1.29, 1.82) is 0 Å². The van der Waals surface area contributed by atoms with E-state index in [-0.39, 0.29) is 24.0 Å². The molecule has 7 heteroatoms. The summed E-state index contributed by atoms with van der Waals surface area (Å²) in [6.45, 7) is 12.0. The van der Waals surface area contributed by atoms with Crippen LogP contribution < -0.4 is 4.74 Å². The van der Waals surface area contributed by atoms with E-state index in [1.165, 1.54) is 88.1 Å². The van der Waals surface area contributed by atoms with Gasteiger partial charge in [-0.3, -0.25) is 0 Å². The van der Waals surface area contributed by atoms with Crippen LogP contribution in [0.15, 0.2) is 133 Å². The minimum atomic E-state index is -0.724. The highest BCUT2D eigenvalue weighted by Gasteiger charge is 2.41. The SMILES string of the molecule is CCC(CC)(COCC1CS1)c1ccc(C2(C3=CC=C(OCC(O)COC(CC)(CC)c4ccc(CCCC5CC=CCC5CCc5ccc(OCC6CS6)cc5)cc4)CC3)CCc3ccccc3C2)cc1. The van der Waals surface area contributed by atoms with Crippen molar-refractivity contribution in [2.75, 3.05) is 44.5 Å². The molecule has 0 bridgehead atoms. The van der Waals surface area contributed by atoms with Gasteiger partial charge in [0.05, 0.1) is 31.2 Å². The third-order valence-corrected chi connectivity index (χ3v) is 19.5. The van der Waals surface area contributed by atoms with Gasteiger partial charge in [0.15, 0.2) is 0 Å². The van der Waals surface area contributed by atoms with Gasteiger partial charge in [0, 0.05) is 39.3 Å². The van der Waals surface area contributed by atoms with Gasteiger partial charge in [0.1, 0.15) is 25.1 Å². The summed E-state index contributed by atoms with van der Waals surface area (Å²) in [5.74, 6) is 5.93. The Morgan fingerprint density at radius 3 is 1.97 bits per heavy atom. The molecule has 2 fully saturated rings. The monoisotopic (exact) mass is 1010 g/mol. The summed E-state index contributed by atoms with van der Waals surface area (Å²) in [4.78, 5) is 0. The smallest absolute Gasteiger partial charge is 0.119 e. The molecule has 4 aromatic rings. The lowest BCUT2D eigenvalue weighted by molar-refractivity contribution is -0.100. The fourth-order valence-corrected chi connectivity index (χ4v) is 13.1. The van der Waals surface area contributed by atoms with E-state index < -0.39 is 11.7 Å². The molecular formula is C65H84O5S2. The van der Waals surface area contributed by atoms with Crippen molar-refractivity contribution >= 4 is 23.5 Å². The maximum absolute atomic E-state index is 11.3. The molecule has 9 rings (SSSR count). The Bertz CT molecular complexity index is 2410. The first-order valence-electron chi connectivity index (χ1n) is 28.1. The molecule has 0 spiro atoms. The van der Waals surface area contributed by atoms with Gasteiger partial charge in [-0.25, -0.2) is 0 Å². The molecule has 4 aromatic carbocycles. The quantitative estimate of drug-likeness (QED) is 0.0449. The highest BCUT2D eigenvalue weighted by atomic mass is 32.2. The van der Waals surface area contributed by atoms with E-state index in [4.69, 9.17) is 18.9 Å². The molecule has 6 atom stereocenters. The van der Waals surface area contributed by atoms with Crippen molar-refractivity contribution in [3.8, 4) is 5.75 Å². The van der Waals surface area contributed by atoms with Crippen molar-refractivity contribution in [1.82, 2.24) is 0 Å². The summed E-state index contributed by atoms with van der Waals surface area (Å²) in [5.41, 5.74) is 10.8. The van der Waals surface area contributed by atoms with E-state index in [9.17, 15) is 5.11 Å². The van der Waals surface area contributed by atoms with Crippen LogP contribution in [0.4, 0.5) is 0 Å². The van der Waals surface area contributed by atoms with Gasteiger partial charge < -0.3 is 24.1 Å². The Morgan fingerprint density at radius 1 is 0.653 bits per heavy atom. The van der Waals surface area contributed by atoms with E-state index >= 15 is 0 Å². The van der Waals surface area contributed by atoms with Gasteiger partial charge in [-0.2, -0.15) is 23.5 Å². The number of hydrogen-bond acceptors (Lipinski definition) is 7. The zero-order valence-electron chi connectivity index (χ0n) is 44.1. The fraction of sp³-hybridized carbons (Fsp3) is 0.538. The van der Waals surface area contributed by atoms with E-state index in [2.05, 4.69) is 149 Å². The number of benzene rings is 4. The molecule has 3 aliphatic carbocycles. The molecule has 2 heterocycles. The Morgan fingerprint density at radius 2 is 1.31 bits per heavy atom. The van der Waals surface area contributed by atoms with Crippen molar-refractivity contribution < 1.29 is 24.1 Å². The molecule has 0 amide bonds. The van der Waals surface area contributed by atoms with Crippen LogP contribution in [0, 0.1) is 11.8 Å². The molecule has 2 aliphatic heterocycles. The van der Waals surface area contributed by atoms with Gasteiger partial charge in [-0.05, 0) is 165 Å². The van der Waals surface area contributed by atoms with Gasteiger partial charge in [0.25, 0.3) is 0 Å². The maximum atomic E-state index is 11.3. The predicted octanol–water partition coefficient (Wildman–Crippen LogP) is 15.0. The Balaban J connectivity index is 0.764. The third-order valence-electron chi connectivity index (χ3n) is 17.6. The molecule has 0 aromatic heterocycles. The standard InChI is InChI=1S/C65H84O5S2/c1-5-63(6-2,47-67-43-61-45-71-61)54-28-30-55(31-29-54)64(39-38-52-17-11-12-18-53(52)40-64)56-32-36-60(37-33-56)68-41-58(66)42-70-65(7-3,8-4)57-26-21-48(22-27-57)14-13-19-50-15-9-10-16-51(50)25-20-49-23-34-59(35-24-49)69-44-62-46-72-62/h9-12,17-18,21-24,26-32,34-36,50-51,58,61-62,66H,5-8,13-16,19-20,25,33,37-47H2,1-4H3. The molecule has 0 saturated carbocycles. The summed E-state index contributed by atoms with van der Waals surface area (Å²) in [6.07, 6.45) is 25.8. The summed E-state index contributed by atoms with van der Waals surface area (Å²) < 4.78 is 25.3. The largest absolute Gasteiger partial charge is 0.495 e. The third kappa shape index (κ3) is 13.4. The second-order valence-corrected chi connectivity index (χ2v) is 24.5. The average Bonchev–Trinajstić information content (AvgIpc) is 4.40. The van der Waals surface area contributed by atoms with Gasteiger partial charge >= 0.3 is 0 Å². The maximum Gasteiger partial charge on any atom is 0.119 e. The second kappa shape index (κ2) is 25.2. The Hall–Kier alpha value is -3.72. The fourth-order valence-electron chi connectivity index (χ4n) is 12.3. The molecule has 2 saturated heterocycles. The van der Waals surface area contributed by atoms with E-state index in [0.29, 0.717) is 10.5 Å². The van der Waals surface area contributed by atoms with Crippen LogP contribution in [-0.2, 0) is 56.3 Å². The lowest BCUT2D eigenvalue weighted by Gasteiger charge is -2.42. The Kier molecular flexibility index (Phi) is 18.6. The number of thioether (sulfide) groups is 2. The van der Waals surface area contributed by atoms with E-state index in [1.807, 2.05) is 23.5 Å². The molecule has 72 heavy (non-hydrogen) atoms. The normalized spacial score (nSPS) is 23.2. The highest BCUT2D eigenvalue weighted by molar-refractivity contribution is 8.07. The summed E-state index contributed by atoms with van der Waals surface area (Å²) >= 11 is 3.99. The van der Waals surface area contributed by atoms with Crippen LogP contribution in [0.2, 0.25) is 0 Å². The van der Waals surface area contributed by atoms with Crippen molar-refractivity contribution in [2.24, 2.45) is 11.8 Å².